The predicted octanol–water partition coefficient (Wildman–Crippen LogP) is 0.0850. The van der Waals surface area contributed by atoms with Crippen LogP contribution < -0.4 is 11.5 Å². The van der Waals surface area contributed by atoms with Crippen LogP contribution in [0.15, 0.2) is 36.9 Å². The third-order valence-electron chi connectivity index (χ3n) is 4.88. The molecule has 34 heavy (non-hydrogen) atoms. The molecule has 2 aromatic heterocycles. The fourth-order valence-electron chi connectivity index (χ4n) is 2.70. The summed E-state index contributed by atoms with van der Waals surface area (Å²) in [5.74, 6) is -5.82. The van der Waals surface area contributed by atoms with Gasteiger partial charge >= 0.3 is 17.9 Å². The molecule has 0 aliphatic rings. The highest BCUT2D eigenvalue weighted by molar-refractivity contribution is 6.37. The molecule has 2 rings (SSSR count). The second-order valence-corrected chi connectivity index (χ2v) is 7.33. The van der Waals surface area contributed by atoms with Crippen molar-refractivity contribution in [1.29, 1.82) is 0 Å². The molecule has 6 N–H and O–H groups in total. The maximum Gasteiger partial charge on any atom is 0.385 e. The number of Topliss-reactive ketones (excluding diaryl/α,β-unsaturated/α-hetero) is 1. The predicted molar refractivity (Wildman–Crippen MR) is 116 cm³/mol. The lowest BCUT2D eigenvalue weighted by Crippen LogP contribution is -2.42. The van der Waals surface area contributed by atoms with Gasteiger partial charge in [0.15, 0.2) is 6.10 Å². The Bertz CT molecular complexity index is 1060. The van der Waals surface area contributed by atoms with Gasteiger partial charge in [0.05, 0.1) is 11.1 Å². The Balaban J connectivity index is 2.00. The second kappa shape index (κ2) is 12.0. The number of pyridine rings is 2. The van der Waals surface area contributed by atoms with E-state index in [1.807, 2.05) is 13.8 Å². The summed E-state index contributed by atoms with van der Waals surface area (Å²) < 4.78 is 9.07. The van der Waals surface area contributed by atoms with E-state index >= 15 is 0 Å². The van der Waals surface area contributed by atoms with Crippen molar-refractivity contribution in [2.24, 2.45) is 11.5 Å². The minimum Gasteiger partial charge on any atom is -0.429 e. The largest absolute Gasteiger partial charge is 0.429 e. The highest BCUT2D eigenvalue weighted by Crippen LogP contribution is 2.16. The molecule has 12 heteroatoms. The van der Waals surface area contributed by atoms with Crippen LogP contribution in [0.3, 0.4) is 0 Å². The average molecular weight is 474 g/mol. The van der Waals surface area contributed by atoms with Crippen molar-refractivity contribution in [2.75, 3.05) is 0 Å². The number of nitrogens with two attached hydrogens (primary N) is 2. The van der Waals surface area contributed by atoms with Crippen molar-refractivity contribution < 1.29 is 38.9 Å². The highest BCUT2D eigenvalue weighted by Gasteiger charge is 2.35. The van der Waals surface area contributed by atoms with E-state index in [9.17, 15) is 29.4 Å². The quantitative estimate of drug-likeness (QED) is 0.156. The normalized spacial score (nSPS) is 14.4. The van der Waals surface area contributed by atoms with Gasteiger partial charge in [0.1, 0.15) is 0 Å². The first kappa shape index (κ1) is 26.7. The molecule has 12 nitrogen and oxygen atoms in total. The Morgan fingerprint density at radius 3 is 1.79 bits per heavy atom. The molecule has 4 atom stereocenters. The summed E-state index contributed by atoms with van der Waals surface area (Å²) >= 11 is 0. The minimum atomic E-state index is -2.50. The summed E-state index contributed by atoms with van der Waals surface area (Å²) in [6.07, 6.45) is 1.34. The second-order valence-electron chi connectivity index (χ2n) is 7.33. The van der Waals surface area contributed by atoms with Crippen LogP contribution in [-0.2, 0) is 19.1 Å². The zero-order valence-corrected chi connectivity index (χ0v) is 18.6. The zero-order chi connectivity index (χ0) is 25.4. The van der Waals surface area contributed by atoms with E-state index in [1.165, 1.54) is 24.5 Å². The third kappa shape index (κ3) is 6.71. The number of carbonyl (C=O) groups is 4. The van der Waals surface area contributed by atoms with Gasteiger partial charge in [-0.25, -0.2) is 14.4 Å². The van der Waals surface area contributed by atoms with E-state index in [2.05, 4.69) is 19.4 Å². The molecule has 182 valence electrons. The fourth-order valence-corrected chi connectivity index (χ4v) is 2.70. The van der Waals surface area contributed by atoms with Crippen LogP contribution in [0.1, 0.15) is 70.6 Å². The third-order valence-corrected chi connectivity index (χ3v) is 4.88. The number of ketones is 1. The maximum atomic E-state index is 12.2. The van der Waals surface area contributed by atoms with Crippen molar-refractivity contribution in [2.45, 2.75) is 51.2 Å². The van der Waals surface area contributed by atoms with Gasteiger partial charge < -0.3 is 31.2 Å². The number of hydrogen-bond acceptors (Lipinski definition) is 12. The molecule has 0 aliphatic carbocycles. The van der Waals surface area contributed by atoms with E-state index in [0.717, 1.165) is 12.4 Å². The SMILES string of the molecule is CCC(N)c1cncc(C(=O)OC(=O)C(=O)C(O)C(O)OC(=O)c2cncc(C(N)CC)c2)c1. The number of ether oxygens (including phenoxy) is 2. The van der Waals surface area contributed by atoms with Gasteiger partial charge in [-0.3, -0.25) is 14.8 Å². The van der Waals surface area contributed by atoms with Gasteiger partial charge in [-0.15, -0.1) is 0 Å². The van der Waals surface area contributed by atoms with Gasteiger partial charge in [0.2, 0.25) is 6.29 Å². The van der Waals surface area contributed by atoms with E-state index in [1.54, 1.807) is 0 Å². The average Bonchev–Trinajstić information content (AvgIpc) is 2.86. The molecule has 2 aromatic rings. The van der Waals surface area contributed by atoms with Gasteiger partial charge in [-0.1, -0.05) is 13.8 Å². The molecule has 4 unspecified atom stereocenters. The molecule has 0 amide bonds. The van der Waals surface area contributed by atoms with Gasteiger partial charge in [0.25, 0.3) is 5.78 Å². The lowest BCUT2D eigenvalue weighted by molar-refractivity contribution is -0.168. The summed E-state index contributed by atoms with van der Waals surface area (Å²) in [4.78, 5) is 56.1. The standard InChI is InChI=1S/C22H26N4O8/c1-3-15(23)11-5-13(9-25-7-11)19(29)33-21(31)17(27)18(28)22(32)34-20(30)14-6-12(8-26-10-14)16(24)4-2/h5-10,15-17,21,27,31H,3-4,23-24H2,1-2H3. The summed E-state index contributed by atoms with van der Waals surface area (Å²) in [5.41, 5.74) is 12.5. The Morgan fingerprint density at radius 1 is 0.853 bits per heavy atom. The first-order valence-corrected chi connectivity index (χ1v) is 10.4. The fraction of sp³-hybridized carbons (Fsp3) is 0.364. The van der Waals surface area contributed by atoms with Gasteiger partial charge in [-0.2, -0.15) is 0 Å². The summed E-state index contributed by atoms with van der Waals surface area (Å²) in [6.45, 7) is 3.66. The first-order chi connectivity index (χ1) is 16.1. The lowest BCUT2D eigenvalue weighted by atomic mass is 10.1. The van der Waals surface area contributed by atoms with Crippen molar-refractivity contribution in [3.63, 3.8) is 0 Å². The molecule has 0 saturated carbocycles. The van der Waals surface area contributed by atoms with E-state index < -0.39 is 48.2 Å². The van der Waals surface area contributed by atoms with Crippen LogP contribution in [0, 0.1) is 0 Å². The van der Waals surface area contributed by atoms with E-state index in [-0.39, 0.29) is 11.1 Å². The van der Waals surface area contributed by atoms with Crippen molar-refractivity contribution in [3.05, 3.63) is 59.2 Å². The van der Waals surface area contributed by atoms with Crippen LogP contribution in [-0.4, -0.2) is 56.3 Å². The lowest BCUT2D eigenvalue weighted by Gasteiger charge is -2.17. The molecular formula is C22H26N4O8. The number of carbonyl (C=O) groups excluding carboxylic acids is 4. The monoisotopic (exact) mass is 474 g/mol. The van der Waals surface area contributed by atoms with E-state index in [0.29, 0.717) is 24.0 Å². The number of aliphatic hydroxyl groups is 2. The van der Waals surface area contributed by atoms with Crippen LogP contribution in [0.4, 0.5) is 0 Å². The Hall–Kier alpha value is -3.58. The topological polar surface area (TPSA) is 205 Å². The van der Waals surface area contributed by atoms with Crippen molar-refractivity contribution in [1.82, 2.24) is 9.97 Å². The van der Waals surface area contributed by atoms with E-state index in [4.69, 9.17) is 11.5 Å². The molecule has 0 spiro atoms. The molecule has 2 heterocycles. The highest BCUT2D eigenvalue weighted by atomic mass is 16.6. The number of esters is 3. The summed E-state index contributed by atoms with van der Waals surface area (Å²) in [7, 11) is 0. The number of hydrogen-bond donors (Lipinski definition) is 4. The molecule has 0 aliphatic heterocycles. The Labute approximate surface area is 194 Å². The Kier molecular flexibility index (Phi) is 9.45. The first-order valence-electron chi connectivity index (χ1n) is 10.4. The number of aliphatic hydroxyl groups excluding tert-OH is 2. The molecule has 0 aromatic carbocycles. The zero-order valence-electron chi connectivity index (χ0n) is 18.6. The van der Waals surface area contributed by atoms with Crippen molar-refractivity contribution in [3.8, 4) is 0 Å². The van der Waals surface area contributed by atoms with Gasteiger partial charge in [0, 0.05) is 36.9 Å². The van der Waals surface area contributed by atoms with Crippen LogP contribution in [0.25, 0.3) is 0 Å². The molecule has 0 radical (unpaired) electrons. The smallest absolute Gasteiger partial charge is 0.385 e. The van der Waals surface area contributed by atoms with Crippen LogP contribution in [0.5, 0.6) is 0 Å². The maximum absolute atomic E-state index is 12.2. The molecule has 0 fully saturated rings. The number of nitrogens with zero attached hydrogens (tertiary/aromatic N) is 2. The molecule has 0 saturated heterocycles. The molecule has 0 bridgehead atoms. The summed E-state index contributed by atoms with van der Waals surface area (Å²) in [5, 5.41) is 19.8. The minimum absolute atomic E-state index is 0.101. The number of rotatable bonds is 10. The molecular weight excluding hydrogens is 448 g/mol. The van der Waals surface area contributed by atoms with Crippen molar-refractivity contribution >= 4 is 23.7 Å². The van der Waals surface area contributed by atoms with Crippen LogP contribution in [0.2, 0.25) is 0 Å². The number of aromatic nitrogens is 2. The van der Waals surface area contributed by atoms with Crippen LogP contribution >= 0.6 is 0 Å². The van der Waals surface area contributed by atoms with Gasteiger partial charge in [-0.05, 0) is 36.1 Å². The Morgan fingerprint density at radius 2 is 1.32 bits per heavy atom. The summed E-state index contributed by atoms with van der Waals surface area (Å²) in [6, 6.07) is 1.93.